The highest BCUT2D eigenvalue weighted by Crippen LogP contribution is 2.26. The van der Waals surface area contributed by atoms with Gasteiger partial charge in [0.15, 0.2) is 0 Å². The minimum atomic E-state index is -0.515. The molecule has 0 aliphatic carbocycles. The number of rotatable bonds is 5. The van der Waals surface area contributed by atoms with Crippen molar-refractivity contribution < 1.29 is 5.11 Å². The van der Waals surface area contributed by atoms with Crippen LogP contribution in [0.25, 0.3) is 0 Å². The van der Waals surface area contributed by atoms with Gasteiger partial charge in [-0.1, -0.05) is 65.7 Å². The molecule has 0 radical (unpaired) electrons. The Hall–Kier alpha value is -1.06. The van der Waals surface area contributed by atoms with Gasteiger partial charge in [0.25, 0.3) is 0 Å². The quantitative estimate of drug-likeness (QED) is 0.896. The summed E-state index contributed by atoms with van der Waals surface area (Å²) in [5.41, 5.74) is 1.87. The summed E-state index contributed by atoms with van der Waals surface area (Å²) in [6.45, 7) is 1.18. The molecular formula is C16H17Cl2NO. The normalized spacial score (nSPS) is 12.7. The lowest BCUT2D eigenvalue weighted by atomic mass is 10.1. The molecule has 0 aliphatic heterocycles. The minimum absolute atomic E-state index is 0.515. The summed E-state index contributed by atoms with van der Waals surface area (Å²) >= 11 is 12.2. The number of likely N-dealkylation sites (N-methyl/N-ethyl adjacent to an activating group) is 1. The van der Waals surface area contributed by atoms with Crippen LogP contribution in [-0.2, 0) is 6.54 Å². The summed E-state index contributed by atoms with van der Waals surface area (Å²) in [5.74, 6) is 0. The van der Waals surface area contributed by atoms with Gasteiger partial charge < -0.3 is 5.11 Å². The second kappa shape index (κ2) is 7.09. The molecule has 2 nitrogen and oxygen atoms in total. The molecule has 0 heterocycles. The molecule has 0 saturated heterocycles. The number of aliphatic hydroxyl groups excluding tert-OH is 1. The average molecular weight is 310 g/mol. The van der Waals surface area contributed by atoms with Crippen molar-refractivity contribution in [3.8, 4) is 0 Å². The van der Waals surface area contributed by atoms with E-state index >= 15 is 0 Å². The van der Waals surface area contributed by atoms with E-state index in [2.05, 4.69) is 0 Å². The van der Waals surface area contributed by atoms with Gasteiger partial charge in [-0.15, -0.1) is 0 Å². The molecule has 4 heteroatoms. The molecule has 0 aromatic heterocycles. The van der Waals surface area contributed by atoms with E-state index in [0.717, 1.165) is 11.1 Å². The van der Waals surface area contributed by atoms with E-state index in [1.807, 2.05) is 54.4 Å². The Morgan fingerprint density at radius 2 is 1.75 bits per heavy atom. The lowest BCUT2D eigenvalue weighted by molar-refractivity contribution is 0.124. The standard InChI is InChI=1S/C16H17Cl2NO/c1-19(10-13-8-5-9-14(17)16(13)18)11-15(20)12-6-3-2-4-7-12/h2-9,15,20H,10-11H2,1H3/t15-/m1/s1. The Labute approximate surface area is 129 Å². The fraction of sp³-hybridized carbons (Fsp3) is 0.250. The van der Waals surface area contributed by atoms with Crippen molar-refractivity contribution in [2.24, 2.45) is 0 Å². The molecule has 2 aromatic rings. The van der Waals surface area contributed by atoms with E-state index in [9.17, 15) is 5.11 Å². The van der Waals surface area contributed by atoms with Gasteiger partial charge >= 0.3 is 0 Å². The van der Waals surface area contributed by atoms with E-state index in [1.165, 1.54) is 0 Å². The van der Waals surface area contributed by atoms with Crippen LogP contribution in [-0.4, -0.2) is 23.6 Å². The van der Waals surface area contributed by atoms with Gasteiger partial charge in [0.05, 0.1) is 16.1 Å². The summed E-state index contributed by atoms with van der Waals surface area (Å²) in [4.78, 5) is 2.02. The topological polar surface area (TPSA) is 23.5 Å². The number of aliphatic hydroxyl groups is 1. The molecule has 106 valence electrons. The Balaban J connectivity index is 1.99. The molecule has 2 rings (SSSR count). The summed E-state index contributed by atoms with van der Waals surface area (Å²) in [6.07, 6.45) is -0.515. The summed E-state index contributed by atoms with van der Waals surface area (Å²) in [7, 11) is 1.95. The maximum atomic E-state index is 10.2. The van der Waals surface area contributed by atoms with Gasteiger partial charge in [0.1, 0.15) is 0 Å². The predicted molar refractivity (Wildman–Crippen MR) is 84.2 cm³/mol. The highest BCUT2D eigenvalue weighted by Gasteiger charge is 2.12. The van der Waals surface area contributed by atoms with Crippen LogP contribution in [0.15, 0.2) is 48.5 Å². The molecule has 0 aliphatic rings. The third kappa shape index (κ3) is 3.97. The maximum absolute atomic E-state index is 10.2. The van der Waals surface area contributed by atoms with Crippen LogP contribution < -0.4 is 0 Å². The summed E-state index contributed by atoms with van der Waals surface area (Å²) in [5, 5.41) is 11.3. The molecule has 2 aromatic carbocycles. The van der Waals surface area contributed by atoms with E-state index in [1.54, 1.807) is 6.07 Å². The molecule has 1 atom stereocenters. The Kier molecular flexibility index (Phi) is 5.44. The smallest absolute Gasteiger partial charge is 0.0916 e. The van der Waals surface area contributed by atoms with Crippen molar-refractivity contribution in [3.05, 3.63) is 69.7 Å². The SMILES string of the molecule is CN(Cc1cccc(Cl)c1Cl)C[C@@H](O)c1ccccc1. The van der Waals surface area contributed by atoms with Crippen LogP contribution in [0.1, 0.15) is 17.2 Å². The van der Waals surface area contributed by atoms with Crippen LogP contribution in [0.3, 0.4) is 0 Å². The lowest BCUT2D eigenvalue weighted by Gasteiger charge is -2.21. The third-order valence-electron chi connectivity index (χ3n) is 3.14. The van der Waals surface area contributed by atoms with Gasteiger partial charge in [-0.2, -0.15) is 0 Å². The van der Waals surface area contributed by atoms with Crippen molar-refractivity contribution in [3.63, 3.8) is 0 Å². The highest BCUT2D eigenvalue weighted by molar-refractivity contribution is 6.42. The molecule has 0 bridgehead atoms. The Morgan fingerprint density at radius 3 is 2.45 bits per heavy atom. The largest absolute Gasteiger partial charge is 0.387 e. The monoisotopic (exact) mass is 309 g/mol. The van der Waals surface area contributed by atoms with Crippen molar-refractivity contribution in [2.75, 3.05) is 13.6 Å². The van der Waals surface area contributed by atoms with Crippen molar-refractivity contribution in [2.45, 2.75) is 12.6 Å². The molecule has 0 unspecified atom stereocenters. The second-order valence-corrected chi connectivity index (χ2v) is 5.62. The van der Waals surface area contributed by atoms with E-state index in [4.69, 9.17) is 23.2 Å². The summed E-state index contributed by atoms with van der Waals surface area (Å²) in [6, 6.07) is 15.2. The van der Waals surface area contributed by atoms with Crippen LogP contribution in [0.2, 0.25) is 10.0 Å². The van der Waals surface area contributed by atoms with Crippen LogP contribution in [0.5, 0.6) is 0 Å². The minimum Gasteiger partial charge on any atom is -0.387 e. The zero-order valence-electron chi connectivity index (χ0n) is 11.3. The number of hydrogen-bond acceptors (Lipinski definition) is 2. The molecule has 0 amide bonds. The first-order valence-electron chi connectivity index (χ1n) is 6.42. The third-order valence-corrected chi connectivity index (χ3v) is 4.00. The fourth-order valence-corrected chi connectivity index (χ4v) is 2.48. The zero-order chi connectivity index (χ0) is 14.5. The molecule has 0 spiro atoms. The van der Waals surface area contributed by atoms with E-state index < -0.39 is 6.10 Å². The Bertz CT molecular complexity index is 560. The van der Waals surface area contributed by atoms with Gasteiger partial charge in [0.2, 0.25) is 0 Å². The number of halogens is 2. The van der Waals surface area contributed by atoms with Gasteiger partial charge in [0, 0.05) is 13.1 Å². The average Bonchev–Trinajstić information content (AvgIpc) is 2.45. The van der Waals surface area contributed by atoms with Gasteiger partial charge in [-0.05, 0) is 24.2 Å². The lowest BCUT2D eigenvalue weighted by Crippen LogP contribution is -2.24. The number of hydrogen-bond donors (Lipinski definition) is 1. The molecule has 0 saturated carbocycles. The molecule has 0 fully saturated rings. The van der Waals surface area contributed by atoms with Crippen LogP contribution in [0, 0.1) is 0 Å². The van der Waals surface area contributed by atoms with Crippen LogP contribution >= 0.6 is 23.2 Å². The zero-order valence-corrected chi connectivity index (χ0v) is 12.8. The van der Waals surface area contributed by atoms with Crippen molar-refractivity contribution in [1.82, 2.24) is 4.90 Å². The van der Waals surface area contributed by atoms with E-state index in [0.29, 0.717) is 23.1 Å². The number of nitrogens with zero attached hydrogens (tertiary/aromatic N) is 1. The molecular weight excluding hydrogens is 293 g/mol. The second-order valence-electron chi connectivity index (χ2n) is 4.84. The van der Waals surface area contributed by atoms with Crippen molar-refractivity contribution in [1.29, 1.82) is 0 Å². The van der Waals surface area contributed by atoms with E-state index in [-0.39, 0.29) is 0 Å². The molecule has 1 N–H and O–H groups in total. The first kappa shape index (κ1) is 15.3. The molecule has 20 heavy (non-hydrogen) atoms. The first-order chi connectivity index (χ1) is 9.58. The van der Waals surface area contributed by atoms with Gasteiger partial charge in [-0.3, -0.25) is 4.90 Å². The first-order valence-corrected chi connectivity index (χ1v) is 7.18. The predicted octanol–water partition coefficient (Wildman–Crippen LogP) is 4.16. The Morgan fingerprint density at radius 1 is 1.05 bits per heavy atom. The number of benzene rings is 2. The fourth-order valence-electron chi connectivity index (χ4n) is 2.10. The summed E-state index contributed by atoms with van der Waals surface area (Å²) < 4.78 is 0. The van der Waals surface area contributed by atoms with Gasteiger partial charge in [-0.25, -0.2) is 0 Å². The van der Waals surface area contributed by atoms with Crippen LogP contribution in [0.4, 0.5) is 0 Å². The van der Waals surface area contributed by atoms with Crippen molar-refractivity contribution >= 4 is 23.2 Å². The maximum Gasteiger partial charge on any atom is 0.0916 e. The highest BCUT2D eigenvalue weighted by atomic mass is 35.5.